The van der Waals surface area contributed by atoms with Crippen molar-refractivity contribution in [1.82, 2.24) is 21.3 Å². The number of hydrogen-bond donors (Lipinski definition) is 8. The number of esters is 1. The molecule has 83 heavy (non-hydrogen) atoms. The van der Waals surface area contributed by atoms with Crippen LogP contribution in [0.1, 0.15) is 91.5 Å². The molecule has 5 rings (SSSR count). The second-order valence-electron chi connectivity index (χ2n) is 21.3. The Morgan fingerprint density at radius 2 is 1.72 bits per heavy atom. The van der Waals surface area contributed by atoms with E-state index in [0.29, 0.717) is 47.8 Å². The van der Waals surface area contributed by atoms with Crippen LogP contribution in [0, 0.1) is 17.8 Å². The van der Waals surface area contributed by atoms with Crippen LogP contribution in [0.5, 0.6) is 5.75 Å². The lowest BCUT2D eigenvalue weighted by atomic mass is 9.83. The maximum Gasteiger partial charge on any atom is 0.412 e. The molecule has 3 heterocycles. The number of unbranched alkanes of at least 4 members (excludes halogenated alkanes) is 2. The third-order valence-corrected chi connectivity index (χ3v) is 17.1. The highest BCUT2D eigenvalue weighted by Crippen LogP contribution is 2.49. The molecule has 23 nitrogen and oxygen atoms in total. The van der Waals surface area contributed by atoms with Gasteiger partial charge in [0.15, 0.2) is 5.72 Å². The summed E-state index contributed by atoms with van der Waals surface area (Å²) in [5.41, 5.74) is 4.42. The first-order valence-corrected chi connectivity index (χ1v) is 30.6. The van der Waals surface area contributed by atoms with Crippen molar-refractivity contribution < 1.29 is 71.9 Å². The monoisotopic (exact) mass is 1370 g/mol. The number of ether oxygens (including phenoxy) is 6. The Morgan fingerprint density at radius 1 is 1.00 bits per heavy atom. The number of fused-ring (bicyclic) bond motifs is 5. The van der Waals surface area contributed by atoms with Gasteiger partial charge in [-0.2, -0.15) is 0 Å². The zero-order chi connectivity index (χ0) is 61.3. The molecule has 2 aromatic carbocycles. The molecule has 27 heteroatoms. The van der Waals surface area contributed by atoms with Gasteiger partial charge in [0.25, 0.3) is 0 Å². The van der Waals surface area contributed by atoms with Gasteiger partial charge in [0.05, 0.1) is 43.5 Å². The first-order chi connectivity index (χ1) is 39.3. The average molecular weight is 1380 g/mol. The molecule has 458 valence electrons. The van der Waals surface area contributed by atoms with E-state index in [0.717, 1.165) is 11.1 Å². The molecule has 8 amide bonds. The topological polar surface area (TPSA) is 317 Å². The lowest BCUT2D eigenvalue weighted by Crippen LogP contribution is -2.63. The summed E-state index contributed by atoms with van der Waals surface area (Å²) in [6.07, 6.45) is 1.24. The molecule has 9 N–H and O–H groups in total. The Bertz CT molecular complexity index is 2740. The number of benzene rings is 2. The highest BCUT2D eigenvalue weighted by Gasteiger charge is 2.64. The molecular weight excluding hydrogens is 1300 g/mol. The highest BCUT2D eigenvalue weighted by atomic mass is 79.9. The first kappa shape index (κ1) is 68.3. The number of alkyl halides is 2. The summed E-state index contributed by atoms with van der Waals surface area (Å²) in [4.78, 5) is 107. The van der Waals surface area contributed by atoms with E-state index in [1.807, 2.05) is 13.0 Å². The third-order valence-electron chi connectivity index (χ3n) is 14.5. The number of nitrogens with two attached hydrogens (primary N) is 1. The normalized spacial score (nSPS) is 24.3. The molecule has 2 fully saturated rings. The van der Waals surface area contributed by atoms with Gasteiger partial charge < -0.3 is 65.4 Å². The molecule has 9 atom stereocenters. The fourth-order valence-corrected chi connectivity index (χ4v) is 12.0. The standard InChI is InChI=1S/C56H76Br3ClN8O15/c1-30(2)47(66-44(69)17-10-9-11-21-80-51(73)34(28-57)29-58)50(72)64-38(15-13-20-62-52(61)74)49(71)63-35-18-19-37(36(59)25-35)65-53(75)82-43-26-45(70)68(6)39-23-33(24-40(78-7)46(39)60)22-31(3)14-12-16-42(79-8)56(77)27-41(81-54(76)67-56)32(4)48-55(43,5)83-48/h12,14,16,18-19,23-25,30,32,34,38,41-43,47-48,77H,9-11,13,15,17,20-22,26-29H2,1-8H3,(H,63,71)(H,64,72)(H,65,75)(H,66,69)(H,67,76)(H3,61,62,74)/b16-12+,31-14+/t32-,38+,41+,42-,43+,47+,48+,55+,56+/m1/s1. The van der Waals surface area contributed by atoms with Gasteiger partial charge in [0.1, 0.15) is 46.8 Å². The lowest BCUT2D eigenvalue weighted by Gasteiger charge is -2.42. The van der Waals surface area contributed by atoms with E-state index in [9.17, 15) is 43.5 Å². The second kappa shape index (κ2) is 31.6. The van der Waals surface area contributed by atoms with E-state index in [1.165, 1.54) is 44.4 Å². The maximum atomic E-state index is 14.4. The number of nitrogens with zero attached hydrogens (tertiary/aromatic N) is 1. The number of hydrogen-bond acceptors (Lipinski definition) is 15. The van der Waals surface area contributed by atoms with E-state index in [-0.39, 0.29) is 83.4 Å². The first-order valence-electron chi connectivity index (χ1n) is 27.2. The van der Waals surface area contributed by atoms with Crippen molar-refractivity contribution >= 4 is 124 Å². The van der Waals surface area contributed by atoms with Crippen molar-refractivity contribution in [3.63, 3.8) is 0 Å². The molecule has 0 saturated carbocycles. The van der Waals surface area contributed by atoms with Gasteiger partial charge in [0, 0.05) is 60.3 Å². The van der Waals surface area contributed by atoms with Gasteiger partial charge >= 0.3 is 24.2 Å². The molecule has 0 aromatic heterocycles. The summed E-state index contributed by atoms with van der Waals surface area (Å²) >= 11 is 16.9. The van der Waals surface area contributed by atoms with Gasteiger partial charge in [0.2, 0.25) is 23.6 Å². The molecule has 4 bridgehead atoms. The number of nitrogens with one attached hydrogen (secondary N) is 6. The van der Waals surface area contributed by atoms with E-state index in [4.69, 9.17) is 45.8 Å². The predicted octanol–water partition coefficient (Wildman–Crippen LogP) is 7.66. The fraction of sp³-hybridized carbons (Fsp3) is 0.571. The quantitative estimate of drug-likeness (QED) is 0.0174. The fourth-order valence-electron chi connectivity index (χ4n) is 9.65. The number of allylic oxidation sites excluding steroid dienone is 3. The minimum atomic E-state index is -1.90. The number of carbonyl (C=O) groups is 8. The van der Waals surface area contributed by atoms with Crippen LogP contribution in [-0.2, 0) is 54.1 Å². The molecular formula is C56H76Br3ClN8O15. The predicted molar refractivity (Wildman–Crippen MR) is 322 cm³/mol. The summed E-state index contributed by atoms with van der Waals surface area (Å²) in [6.45, 7) is 9.14. The Kier molecular flexibility index (Phi) is 26.0. The number of halogens is 4. The third kappa shape index (κ3) is 19.2. The number of rotatable bonds is 23. The summed E-state index contributed by atoms with van der Waals surface area (Å²) in [5.74, 6) is -3.42. The van der Waals surface area contributed by atoms with Crippen molar-refractivity contribution in [2.24, 2.45) is 23.5 Å². The Labute approximate surface area is 513 Å². The number of epoxide rings is 1. The molecule has 0 spiro atoms. The Hall–Kier alpha value is -5.51. The van der Waals surface area contributed by atoms with Crippen LogP contribution in [0.25, 0.3) is 0 Å². The number of amides is 8. The number of methoxy groups -OCH3 is 2. The molecule has 0 aliphatic carbocycles. The maximum absolute atomic E-state index is 14.4. The van der Waals surface area contributed by atoms with Crippen molar-refractivity contribution in [2.45, 2.75) is 140 Å². The minimum Gasteiger partial charge on any atom is -0.495 e. The average Bonchev–Trinajstić information content (AvgIpc) is 1.91. The van der Waals surface area contributed by atoms with Crippen molar-refractivity contribution in [3.8, 4) is 5.75 Å². The largest absolute Gasteiger partial charge is 0.495 e. The molecule has 3 aliphatic rings. The van der Waals surface area contributed by atoms with Gasteiger partial charge in [-0.15, -0.1) is 0 Å². The van der Waals surface area contributed by atoms with Gasteiger partial charge in [-0.3, -0.25) is 34.6 Å². The van der Waals surface area contributed by atoms with Crippen LogP contribution < -0.4 is 47.3 Å². The number of carbonyl (C=O) groups excluding carboxylic acids is 8. The lowest BCUT2D eigenvalue weighted by molar-refractivity contribution is -0.147. The number of aliphatic hydroxyl groups is 1. The van der Waals surface area contributed by atoms with E-state index in [2.05, 4.69) is 79.7 Å². The summed E-state index contributed by atoms with van der Waals surface area (Å²) in [6, 6.07) is 5.06. The van der Waals surface area contributed by atoms with Gasteiger partial charge in [-0.25, -0.2) is 14.4 Å². The summed E-state index contributed by atoms with van der Waals surface area (Å²) < 4.78 is 35.0. The Balaban J connectivity index is 1.31. The van der Waals surface area contributed by atoms with E-state index < -0.39 is 96.1 Å². The number of alkyl carbamates (subject to hydrolysis) is 1. The van der Waals surface area contributed by atoms with Crippen LogP contribution in [0.3, 0.4) is 0 Å². The summed E-state index contributed by atoms with van der Waals surface area (Å²) in [5, 5.41) is 29.0. The zero-order valence-electron chi connectivity index (χ0n) is 47.7. The van der Waals surface area contributed by atoms with E-state index >= 15 is 0 Å². The van der Waals surface area contributed by atoms with Crippen LogP contribution in [-0.4, -0.2) is 146 Å². The van der Waals surface area contributed by atoms with Crippen LogP contribution in [0.4, 0.5) is 31.4 Å². The van der Waals surface area contributed by atoms with Crippen molar-refractivity contribution in [2.75, 3.05) is 60.6 Å². The molecule has 3 aliphatic heterocycles. The van der Waals surface area contributed by atoms with Crippen LogP contribution in [0.15, 0.2) is 58.6 Å². The van der Waals surface area contributed by atoms with E-state index in [1.54, 1.807) is 52.0 Å². The van der Waals surface area contributed by atoms with Crippen LogP contribution >= 0.6 is 59.4 Å². The highest BCUT2D eigenvalue weighted by molar-refractivity contribution is 9.10. The van der Waals surface area contributed by atoms with Gasteiger partial charge in [-0.05, 0) is 110 Å². The second-order valence-corrected chi connectivity index (χ2v) is 23.8. The molecule has 2 aromatic rings. The molecule has 2 saturated heterocycles. The van der Waals surface area contributed by atoms with Gasteiger partial charge in [-0.1, -0.05) is 88.0 Å². The number of anilines is 3. The Morgan fingerprint density at radius 3 is 2.37 bits per heavy atom. The SMILES string of the molecule is COc1cc2cc(c1Cl)N(C)C(=O)C[C@H](OC(=O)Nc1ccc(NC(=O)[C@H](CCCNC(N)=O)NC(=O)[C@@H](NC(=O)CCCCCOC(=O)C(CBr)CBr)C(C)C)cc1Br)[C@]1(C)O[C@H]1[C@H](C)[C@@H]1C[C@@](O)(NC(=O)O1)[C@H](OC)/C=C/C=C(\C)C2. The number of primary amides is 1. The summed E-state index contributed by atoms with van der Waals surface area (Å²) in [7, 11) is 4.40. The zero-order valence-corrected chi connectivity index (χ0v) is 53.2. The van der Waals surface area contributed by atoms with Crippen molar-refractivity contribution in [3.05, 3.63) is 69.2 Å². The minimum absolute atomic E-state index is 0.0591. The smallest absolute Gasteiger partial charge is 0.412 e. The molecule has 0 radical (unpaired) electrons. The molecule has 0 unspecified atom stereocenters. The number of urea groups is 1. The van der Waals surface area contributed by atoms with Crippen molar-refractivity contribution in [1.29, 1.82) is 0 Å². The van der Waals surface area contributed by atoms with Crippen LogP contribution in [0.2, 0.25) is 5.02 Å².